The van der Waals surface area contributed by atoms with Gasteiger partial charge in [0.1, 0.15) is 5.54 Å². The molecule has 2 aromatic carbocycles. The van der Waals surface area contributed by atoms with E-state index in [0.717, 1.165) is 0 Å². The lowest BCUT2D eigenvalue weighted by Crippen LogP contribution is -2.71. The van der Waals surface area contributed by atoms with E-state index in [1.807, 2.05) is 12.1 Å². The standard InChI is InChI=1S/C18H21N2O2/c1-18(2,3)20(19,16(21)14-10-6-4-7-11-14)17(22)15-12-8-5-9-13-15/h4-13H,19H2,1-3H3/q+1. The molecule has 0 bridgehead atoms. The number of nitrogens with zero attached hydrogens (tertiary/aromatic N) is 1. The van der Waals surface area contributed by atoms with E-state index in [0.29, 0.717) is 11.1 Å². The normalized spacial score (nSPS) is 12.0. The summed E-state index contributed by atoms with van der Waals surface area (Å²) in [6.07, 6.45) is 0. The number of amides is 2. The Kier molecular flexibility index (Phi) is 4.26. The van der Waals surface area contributed by atoms with Crippen molar-refractivity contribution in [2.75, 3.05) is 0 Å². The second kappa shape index (κ2) is 5.83. The molecule has 0 aromatic heterocycles. The van der Waals surface area contributed by atoms with Crippen LogP contribution in [0.2, 0.25) is 0 Å². The number of benzene rings is 2. The summed E-state index contributed by atoms with van der Waals surface area (Å²) in [4.78, 5) is 25.9. The van der Waals surface area contributed by atoms with Crippen molar-refractivity contribution in [1.29, 1.82) is 0 Å². The van der Waals surface area contributed by atoms with Crippen LogP contribution in [-0.4, -0.2) is 21.9 Å². The highest BCUT2D eigenvalue weighted by Crippen LogP contribution is 2.26. The Morgan fingerprint density at radius 1 is 0.773 bits per heavy atom. The molecule has 0 saturated heterocycles. The van der Waals surface area contributed by atoms with Crippen LogP contribution in [0.15, 0.2) is 60.7 Å². The van der Waals surface area contributed by atoms with Gasteiger partial charge in [-0.1, -0.05) is 36.4 Å². The molecule has 4 nitrogen and oxygen atoms in total. The Bertz CT molecular complexity index is 622. The van der Waals surface area contributed by atoms with Gasteiger partial charge in [0.25, 0.3) is 0 Å². The summed E-state index contributed by atoms with van der Waals surface area (Å²) in [6, 6.07) is 17.4. The second-order valence-electron chi connectivity index (χ2n) is 6.24. The summed E-state index contributed by atoms with van der Waals surface area (Å²) in [5, 5.41) is 0. The largest absolute Gasteiger partial charge is 0.373 e. The van der Waals surface area contributed by atoms with Crippen molar-refractivity contribution in [3.63, 3.8) is 0 Å². The van der Waals surface area contributed by atoms with Crippen molar-refractivity contribution in [1.82, 2.24) is 0 Å². The average Bonchev–Trinajstić information content (AvgIpc) is 2.53. The monoisotopic (exact) mass is 297 g/mol. The quantitative estimate of drug-likeness (QED) is 0.304. The molecule has 0 unspecified atom stereocenters. The molecule has 2 aromatic rings. The van der Waals surface area contributed by atoms with Crippen molar-refractivity contribution in [3.05, 3.63) is 71.8 Å². The van der Waals surface area contributed by atoms with Gasteiger partial charge in [0.15, 0.2) is 0 Å². The molecule has 22 heavy (non-hydrogen) atoms. The Balaban J connectivity index is 2.55. The topological polar surface area (TPSA) is 60.2 Å². The third-order valence-electron chi connectivity index (χ3n) is 3.74. The zero-order valence-electron chi connectivity index (χ0n) is 13.1. The van der Waals surface area contributed by atoms with E-state index in [4.69, 9.17) is 5.84 Å². The molecule has 0 atom stereocenters. The molecule has 4 heteroatoms. The van der Waals surface area contributed by atoms with E-state index in [-0.39, 0.29) is 0 Å². The van der Waals surface area contributed by atoms with Gasteiger partial charge in [-0.2, -0.15) is 5.84 Å². The van der Waals surface area contributed by atoms with Crippen LogP contribution in [0.1, 0.15) is 41.5 Å². The van der Waals surface area contributed by atoms with Crippen LogP contribution in [0.3, 0.4) is 0 Å². The molecular weight excluding hydrogens is 276 g/mol. The molecule has 0 aliphatic heterocycles. The molecule has 2 N–H and O–H groups in total. The molecule has 0 spiro atoms. The number of carbonyl (C=O) groups is 2. The lowest BCUT2D eigenvalue weighted by molar-refractivity contribution is -0.829. The number of carbonyl (C=O) groups excluding carboxylic acids is 2. The first kappa shape index (κ1) is 16.1. The molecule has 114 valence electrons. The van der Waals surface area contributed by atoms with Crippen molar-refractivity contribution in [3.8, 4) is 0 Å². The first-order valence-corrected chi connectivity index (χ1v) is 7.16. The fourth-order valence-electron chi connectivity index (χ4n) is 2.27. The molecule has 2 rings (SSSR count). The first-order chi connectivity index (χ1) is 10.3. The number of imide groups is 1. The molecule has 0 heterocycles. The van der Waals surface area contributed by atoms with Crippen molar-refractivity contribution < 1.29 is 14.2 Å². The van der Waals surface area contributed by atoms with Crippen LogP contribution in [0.25, 0.3) is 0 Å². The van der Waals surface area contributed by atoms with Gasteiger partial charge in [-0.25, -0.2) is 9.59 Å². The van der Waals surface area contributed by atoms with Crippen LogP contribution in [0.4, 0.5) is 0 Å². The van der Waals surface area contributed by atoms with E-state index < -0.39 is 21.9 Å². The van der Waals surface area contributed by atoms with Crippen LogP contribution in [0, 0.1) is 0 Å². The van der Waals surface area contributed by atoms with Gasteiger partial charge in [-0.05, 0) is 45.0 Å². The van der Waals surface area contributed by atoms with Gasteiger partial charge in [-0.15, -0.1) is 4.59 Å². The fourth-order valence-corrected chi connectivity index (χ4v) is 2.27. The number of quaternary nitrogens is 1. The predicted molar refractivity (Wildman–Crippen MR) is 85.7 cm³/mol. The lowest BCUT2D eigenvalue weighted by Gasteiger charge is -2.38. The van der Waals surface area contributed by atoms with E-state index in [1.165, 1.54) is 0 Å². The maximum Gasteiger partial charge on any atom is 0.373 e. The lowest BCUT2D eigenvalue weighted by atomic mass is 9.99. The smallest absolute Gasteiger partial charge is 0.223 e. The van der Waals surface area contributed by atoms with Crippen LogP contribution >= 0.6 is 0 Å². The summed E-state index contributed by atoms with van der Waals surface area (Å²) in [5.41, 5.74) is 0.0632. The zero-order chi connectivity index (χ0) is 16.4. The Morgan fingerprint density at radius 3 is 1.36 bits per heavy atom. The maximum absolute atomic E-state index is 13.0. The van der Waals surface area contributed by atoms with E-state index in [2.05, 4.69) is 0 Å². The highest BCUT2D eigenvalue weighted by molar-refractivity contribution is 6.01. The second-order valence-corrected chi connectivity index (χ2v) is 6.24. The van der Waals surface area contributed by atoms with Crippen LogP contribution in [-0.2, 0) is 0 Å². The summed E-state index contributed by atoms with van der Waals surface area (Å²) >= 11 is 0. The van der Waals surface area contributed by atoms with Gasteiger partial charge in [0.05, 0.1) is 11.1 Å². The van der Waals surface area contributed by atoms with Gasteiger partial charge in [-0.3, -0.25) is 0 Å². The third-order valence-corrected chi connectivity index (χ3v) is 3.74. The molecule has 2 amide bonds. The highest BCUT2D eigenvalue weighted by Gasteiger charge is 2.52. The zero-order valence-corrected chi connectivity index (χ0v) is 13.1. The number of hydrogen-bond donors (Lipinski definition) is 1. The van der Waals surface area contributed by atoms with Gasteiger partial charge in [0.2, 0.25) is 0 Å². The molecular formula is C18H21N2O2+. The summed E-state index contributed by atoms with van der Waals surface area (Å²) in [6.45, 7) is 5.36. The maximum atomic E-state index is 13.0. The van der Waals surface area contributed by atoms with Crippen molar-refractivity contribution >= 4 is 11.8 Å². The van der Waals surface area contributed by atoms with E-state index in [9.17, 15) is 9.59 Å². The fraction of sp³-hybridized carbons (Fsp3) is 0.222. The van der Waals surface area contributed by atoms with E-state index >= 15 is 0 Å². The number of rotatable bonds is 2. The minimum Gasteiger partial charge on any atom is -0.223 e. The summed E-state index contributed by atoms with van der Waals surface area (Å²) in [7, 11) is 0. The van der Waals surface area contributed by atoms with Crippen molar-refractivity contribution in [2.45, 2.75) is 26.3 Å². The molecule has 0 saturated carbocycles. The van der Waals surface area contributed by atoms with Gasteiger partial charge in [0, 0.05) is 0 Å². The molecule has 0 fully saturated rings. The average molecular weight is 297 g/mol. The Labute approximate surface area is 130 Å². The number of hydrogen-bond acceptors (Lipinski definition) is 3. The first-order valence-electron chi connectivity index (χ1n) is 7.16. The summed E-state index contributed by atoms with van der Waals surface area (Å²) in [5.74, 6) is 5.53. The highest BCUT2D eigenvalue weighted by atomic mass is 16.2. The molecule has 0 aliphatic rings. The Morgan fingerprint density at radius 2 is 1.09 bits per heavy atom. The molecule has 0 aliphatic carbocycles. The molecule has 0 radical (unpaired) electrons. The van der Waals surface area contributed by atoms with E-state index in [1.54, 1.807) is 69.3 Å². The Hall–Kier alpha value is -2.30. The number of nitrogens with two attached hydrogens (primary N) is 1. The summed E-state index contributed by atoms with van der Waals surface area (Å²) < 4.78 is -0.805. The van der Waals surface area contributed by atoms with Crippen LogP contribution in [0.5, 0.6) is 0 Å². The van der Waals surface area contributed by atoms with Crippen molar-refractivity contribution in [2.24, 2.45) is 5.84 Å². The third kappa shape index (κ3) is 2.71. The van der Waals surface area contributed by atoms with Gasteiger partial charge < -0.3 is 0 Å². The van der Waals surface area contributed by atoms with Crippen LogP contribution < -0.4 is 5.84 Å². The minimum absolute atomic E-state index is 0.415. The minimum atomic E-state index is -0.805. The SMILES string of the molecule is CC(C)(C)[N+](N)(C(=O)c1ccccc1)C(=O)c1ccccc1. The van der Waals surface area contributed by atoms with Gasteiger partial charge >= 0.3 is 11.8 Å². The predicted octanol–water partition coefficient (Wildman–Crippen LogP) is 3.16.